The lowest BCUT2D eigenvalue weighted by molar-refractivity contribution is -0.121. The van der Waals surface area contributed by atoms with E-state index in [-0.39, 0.29) is 18.2 Å². The molecule has 2 amide bonds. The molecule has 0 radical (unpaired) electrons. The smallest absolute Gasteiger partial charge is 0.256 e. The molecule has 3 rings (SSSR count). The molecule has 0 unspecified atom stereocenters. The average molecular weight is 387 g/mol. The monoisotopic (exact) mass is 386 g/mol. The average Bonchev–Trinajstić information content (AvgIpc) is 2.78. The third-order valence-corrected chi connectivity index (χ3v) is 4.76. The van der Waals surface area contributed by atoms with Crippen molar-refractivity contribution in [2.45, 2.75) is 33.2 Å². The number of hydrogen-bond donors (Lipinski definition) is 1. The van der Waals surface area contributed by atoms with Crippen molar-refractivity contribution in [2.75, 3.05) is 10.2 Å². The van der Waals surface area contributed by atoms with Gasteiger partial charge in [0.25, 0.3) is 5.91 Å². The van der Waals surface area contributed by atoms with Crippen molar-refractivity contribution in [3.8, 4) is 0 Å². The van der Waals surface area contributed by atoms with Gasteiger partial charge in [-0.15, -0.1) is 0 Å². The van der Waals surface area contributed by atoms with E-state index in [9.17, 15) is 9.59 Å². The zero-order valence-corrected chi connectivity index (χ0v) is 15.5. The minimum Gasteiger partial charge on any atom is -0.373 e. The second-order valence-electron chi connectivity index (χ2n) is 6.22. The first kappa shape index (κ1) is 16.7. The molecule has 4 nitrogen and oxygen atoms in total. The van der Waals surface area contributed by atoms with E-state index in [0.717, 1.165) is 21.3 Å². The van der Waals surface area contributed by atoms with Crippen LogP contribution >= 0.6 is 15.9 Å². The van der Waals surface area contributed by atoms with E-state index < -0.39 is 6.04 Å². The van der Waals surface area contributed by atoms with Crippen molar-refractivity contribution in [3.05, 3.63) is 57.6 Å². The number of amides is 2. The maximum atomic E-state index is 12.7. The van der Waals surface area contributed by atoms with Crippen molar-refractivity contribution in [1.29, 1.82) is 0 Å². The molecule has 1 fully saturated rings. The molecule has 0 aromatic heterocycles. The minimum absolute atomic E-state index is 0.168. The Hall–Kier alpha value is -2.14. The van der Waals surface area contributed by atoms with Gasteiger partial charge in [0.1, 0.15) is 6.04 Å². The molecular formula is C19H19BrN2O2. The van der Waals surface area contributed by atoms with E-state index in [1.54, 1.807) is 12.1 Å². The molecule has 1 heterocycles. The van der Waals surface area contributed by atoms with Crippen LogP contribution in [0.1, 0.15) is 23.1 Å². The van der Waals surface area contributed by atoms with Gasteiger partial charge in [0.2, 0.25) is 5.91 Å². The van der Waals surface area contributed by atoms with Crippen LogP contribution in [0.2, 0.25) is 0 Å². The van der Waals surface area contributed by atoms with Crippen LogP contribution in [-0.4, -0.2) is 17.9 Å². The maximum absolute atomic E-state index is 12.7. The number of benzene rings is 2. The number of hydrogen-bond acceptors (Lipinski definition) is 3. The zero-order valence-electron chi connectivity index (χ0n) is 13.9. The Morgan fingerprint density at radius 2 is 1.62 bits per heavy atom. The molecule has 0 bridgehead atoms. The van der Waals surface area contributed by atoms with Gasteiger partial charge in [-0.25, -0.2) is 4.90 Å². The number of halogens is 1. The fraction of sp³-hybridized carbons (Fsp3) is 0.263. The fourth-order valence-corrected chi connectivity index (χ4v) is 3.45. The normalized spacial score (nSPS) is 17.5. The molecule has 2 aromatic rings. The van der Waals surface area contributed by atoms with Gasteiger partial charge in [0.15, 0.2) is 0 Å². The van der Waals surface area contributed by atoms with E-state index in [1.807, 2.05) is 32.9 Å². The lowest BCUT2D eigenvalue weighted by atomic mass is 10.0. The summed E-state index contributed by atoms with van der Waals surface area (Å²) in [5.41, 5.74) is 4.88. The number of aryl methyl sites for hydroxylation is 3. The van der Waals surface area contributed by atoms with E-state index in [0.29, 0.717) is 5.69 Å². The van der Waals surface area contributed by atoms with Gasteiger partial charge in [-0.05, 0) is 56.2 Å². The number of nitrogens with one attached hydrogen (secondary N) is 1. The van der Waals surface area contributed by atoms with Crippen molar-refractivity contribution in [2.24, 2.45) is 0 Å². The third-order valence-electron chi connectivity index (χ3n) is 4.23. The molecule has 5 heteroatoms. The van der Waals surface area contributed by atoms with Crippen LogP contribution in [0.15, 0.2) is 40.9 Å². The van der Waals surface area contributed by atoms with E-state index in [4.69, 9.17) is 0 Å². The number of carbonyl (C=O) groups excluding carboxylic acids is 2. The number of anilines is 2. The summed E-state index contributed by atoms with van der Waals surface area (Å²) in [5.74, 6) is -0.385. The largest absolute Gasteiger partial charge is 0.373 e. The molecule has 1 aliphatic heterocycles. The van der Waals surface area contributed by atoms with Crippen molar-refractivity contribution in [3.63, 3.8) is 0 Å². The lowest BCUT2D eigenvalue weighted by Gasteiger charge is -2.19. The fourth-order valence-electron chi connectivity index (χ4n) is 3.19. The van der Waals surface area contributed by atoms with Crippen molar-refractivity contribution >= 4 is 39.1 Å². The second kappa shape index (κ2) is 6.40. The van der Waals surface area contributed by atoms with Gasteiger partial charge >= 0.3 is 0 Å². The predicted molar refractivity (Wildman–Crippen MR) is 99.3 cm³/mol. The summed E-state index contributed by atoms with van der Waals surface area (Å²) in [6.45, 7) is 6.06. The molecule has 1 saturated heterocycles. The Morgan fingerprint density at radius 3 is 2.21 bits per heavy atom. The first-order valence-electron chi connectivity index (χ1n) is 7.83. The van der Waals surface area contributed by atoms with Crippen LogP contribution in [0.25, 0.3) is 0 Å². The predicted octanol–water partition coefficient (Wildman–Crippen LogP) is 4.12. The highest BCUT2D eigenvalue weighted by Gasteiger charge is 2.39. The number of imide groups is 1. The molecule has 0 saturated carbocycles. The highest BCUT2D eigenvalue weighted by molar-refractivity contribution is 9.10. The first-order valence-corrected chi connectivity index (χ1v) is 8.63. The summed E-state index contributed by atoms with van der Waals surface area (Å²) < 4.78 is 0.908. The Kier molecular flexibility index (Phi) is 4.45. The van der Waals surface area contributed by atoms with Gasteiger partial charge in [-0.3, -0.25) is 9.59 Å². The van der Waals surface area contributed by atoms with E-state index in [2.05, 4.69) is 33.4 Å². The quantitative estimate of drug-likeness (QED) is 0.807. The molecule has 0 aliphatic carbocycles. The van der Waals surface area contributed by atoms with Crippen LogP contribution in [0.3, 0.4) is 0 Å². The Morgan fingerprint density at radius 1 is 1.04 bits per heavy atom. The van der Waals surface area contributed by atoms with Crippen LogP contribution in [-0.2, 0) is 9.59 Å². The minimum atomic E-state index is -0.527. The van der Waals surface area contributed by atoms with Gasteiger partial charge in [0.05, 0.1) is 12.1 Å². The molecular weight excluding hydrogens is 368 g/mol. The molecule has 2 aromatic carbocycles. The Balaban J connectivity index is 1.86. The summed E-state index contributed by atoms with van der Waals surface area (Å²) in [5, 5.41) is 3.27. The summed E-state index contributed by atoms with van der Waals surface area (Å²) in [4.78, 5) is 26.3. The van der Waals surface area contributed by atoms with Crippen molar-refractivity contribution < 1.29 is 9.59 Å². The highest BCUT2D eigenvalue weighted by atomic mass is 79.9. The van der Waals surface area contributed by atoms with E-state index >= 15 is 0 Å². The summed E-state index contributed by atoms with van der Waals surface area (Å²) >= 11 is 3.36. The summed E-state index contributed by atoms with van der Waals surface area (Å²) in [7, 11) is 0. The highest BCUT2D eigenvalue weighted by Crippen LogP contribution is 2.29. The number of nitrogens with zero attached hydrogens (tertiary/aromatic N) is 1. The Bertz CT molecular complexity index is 792. The van der Waals surface area contributed by atoms with Crippen LogP contribution in [0.4, 0.5) is 11.4 Å². The Labute approximate surface area is 150 Å². The van der Waals surface area contributed by atoms with Crippen LogP contribution < -0.4 is 10.2 Å². The standard InChI is InChI=1S/C19H19BrN2O2/c1-11-8-12(2)18(13(3)9-11)21-16-10-17(23)22(19(16)24)15-6-4-14(20)5-7-15/h4-9,16,21H,10H2,1-3H3/t16-/m1/s1. The topological polar surface area (TPSA) is 49.4 Å². The third kappa shape index (κ3) is 3.08. The molecule has 1 atom stereocenters. The van der Waals surface area contributed by atoms with Crippen LogP contribution in [0, 0.1) is 20.8 Å². The van der Waals surface area contributed by atoms with Crippen LogP contribution in [0.5, 0.6) is 0 Å². The summed E-state index contributed by atoms with van der Waals surface area (Å²) in [6, 6.07) is 10.8. The lowest BCUT2D eigenvalue weighted by Crippen LogP contribution is -2.35. The molecule has 24 heavy (non-hydrogen) atoms. The molecule has 1 aliphatic rings. The second-order valence-corrected chi connectivity index (χ2v) is 7.13. The van der Waals surface area contributed by atoms with Gasteiger partial charge < -0.3 is 5.32 Å². The summed E-state index contributed by atoms with van der Waals surface area (Å²) in [6.07, 6.45) is 0.168. The first-order chi connectivity index (χ1) is 11.4. The molecule has 124 valence electrons. The van der Waals surface area contributed by atoms with E-state index in [1.165, 1.54) is 10.5 Å². The van der Waals surface area contributed by atoms with Gasteiger partial charge in [-0.1, -0.05) is 33.6 Å². The van der Waals surface area contributed by atoms with Gasteiger partial charge in [0, 0.05) is 10.2 Å². The molecule has 0 spiro atoms. The van der Waals surface area contributed by atoms with Crippen molar-refractivity contribution in [1.82, 2.24) is 0 Å². The SMILES string of the molecule is Cc1cc(C)c(N[C@@H]2CC(=O)N(c3ccc(Br)cc3)C2=O)c(C)c1. The molecule has 1 N–H and O–H groups in total. The number of carbonyl (C=O) groups is 2. The van der Waals surface area contributed by atoms with Gasteiger partial charge in [-0.2, -0.15) is 0 Å². The zero-order chi connectivity index (χ0) is 17.4. The number of rotatable bonds is 3. The maximum Gasteiger partial charge on any atom is 0.256 e.